The standard InChI is InChI=1S/C18H27N3O3S2/c1-11-4-2-3-5-12(11)16(19)14-6-7-15(22)21(14)8-9-25-18-20-13(10-26-18)17(23)24/h10-12,14,16H,2-9,19H2,1H3,(H,23,24)/t11?,12?,14-,16?/m1/s1. The molecule has 144 valence electrons. The minimum atomic E-state index is -1.00. The van der Waals surface area contributed by atoms with Gasteiger partial charge in [-0.05, 0) is 24.7 Å². The largest absolute Gasteiger partial charge is 0.476 e. The van der Waals surface area contributed by atoms with E-state index >= 15 is 0 Å². The smallest absolute Gasteiger partial charge is 0.355 e. The van der Waals surface area contributed by atoms with Crippen LogP contribution >= 0.6 is 23.1 Å². The van der Waals surface area contributed by atoms with Gasteiger partial charge < -0.3 is 15.7 Å². The summed E-state index contributed by atoms with van der Waals surface area (Å²) in [6.07, 6.45) is 6.39. The molecule has 3 rings (SSSR count). The van der Waals surface area contributed by atoms with Crippen LogP contribution in [0.3, 0.4) is 0 Å². The number of amides is 1. The monoisotopic (exact) mass is 397 g/mol. The van der Waals surface area contributed by atoms with E-state index in [9.17, 15) is 9.59 Å². The number of carboxylic acid groups (broad SMARTS) is 1. The number of carbonyl (C=O) groups is 2. The van der Waals surface area contributed by atoms with Gasteiger partial charge in [-0.2, -0.15) is 0 Å². The molecule has 0 spiro atoms. The molecule has 26 heavy (non-hydrogen) atoms. The number of thiazole rings is 1. The SMILES string of the molecule is CC1CCCCC1C(N)[C@H]1CCC(=O)N1CCSc1nc(C(=O)O)cs1. The van der Waals surface area contributed by atoms with E-state index < -0.39 is 5.97 Å². The third-order valence-electron chi connectivity index (χ3n) is 5.75. The minimum Gasteiger partial charge on any atom is -0.476 e. The van der Waals surface area contributed by atoms with Crippen LogP contribution in [0.15, 0.2) is 9.72 Å². The number of nitrogens with zero attached hydrogens (tertiary/aromatic N) is 2. The quantitative estimate of drug-likeness (QED) is 0.686. The molecule has 1 saturated heterocycles. The molecule has 0 bridgehead atoms. The van der Waals surface area contributed by atoms with Gasteiger partial charge in [0, 0.05) is 36.2 Å². The van der Waals surface area contributed by atoms with E-state index in [1.165, 1.54) is 48.8 Å². The van der Waals surface area contributed by atoms with Gasteiger partial charge in [-0.25, -0.2) is 9.78 Å². The number of aromatic nitrogens is 1. The van der Waals surface area contributed by atoms with Gasteiger partial charge >= 0.3 is 5.97 Å². The molecule has 1 amide bonds. The van der Waals surface area contributed by atoms with Crippen molar-refractivity contribution in [3.05, 3.63) is 11.1 Å². The van der Waals surface area contributed by atoms with E-state index in [1.807, 2.05) is 4.90 Å². The first-order valence-corrected chi connectivity index (χ1v) is 11.2. The van der Waals surface area contributed by atoms with Crippen molar-refractivity contribution in [3.63, 3.8) is 0 Å². The molecule has 2 heterocycles. The van der Waals surface area contributed by atoms with Crippen molar-refractivity contribution in [2.24, 2.45) is 17.6 Å². The average Bonchev–Trinajstić information content (AvgIpc) is 3.23. The third kappa shape index (κ3) is 4.40. The molecule has 1 aliphatic carbocycles. The van der Waals surface area contributed by atoms with Crippen molar-refractivity contribution in [1.82, 2.24) is 9.88 Å². The normalized spacial score (nSPS) is 27.7. The minimum absolute atomic E-state index is 0.0558. The first-order chi connectivity index (χ1) is 12.5. The topological polar surface area (TPSA) is 96.5 Å². The molecule has 1 aliphatic heterocycles. The highest BCUT2D eigenvalue weighted by Crippen LogP contribution is 2.35. The molecular formula is C18H27N3O3S2. The Morgan fingerprint density at radius 1 is 1.46 bits per heavy atom. The van der Waals surface area contributed by atoms with Crippen molar-refractivity contribution in [2.45, 2.75) is 61.9 Å². The molecule has 4 atom stereocenters. The number of nitrogens with two attached hydrogens (primary N) is 1. The van der Waals surface area contributed by atoms with Gasteiger partial charge in [0.2, 0.25) is 5.91 Å². The summed E-state index contributed by atoms with van der Waals surface area (Å²) in [5.74, 6) is 1.04. The van der Waals surface area contributed by atoms with Gasteiger partial charge in [-0.15, -0.1) is 11.3 Å². The Hall–Kier alpha value is -1.12. The van der Waals surface area contributed by atoms with Crippen LogP contribution in [0.25, 0.3) is 0 Å². The zero-order valence-corrected chi connectivity index (χ0v) is 16.7. The Kier molecular flexibility index (Phi) is 6.58. The van der Waals surface area contributed by atoms with Crippen LogP contribution < -0.4 is 5.73 Å². The van der Waals surface area contributed by atoms with E-state index in [0.29, 0.717) is 30.6 Å². The lowest BCUT2D eigenvalue weighted by Gasteiger charge is -2.39. The fourth-order valence-corrected chi connectivity index (χ4v) is 6.11. The molecule has 1 aromatic heterocycles. The number of rotatable bonds is 7. The second kappa shape index (κ2) is 8.71. The maximum absolute atomic E-state index is 12.4. The molecule has 6 nitrogen and oxygen atoms in total. The second-order valence-corrected chi connectivity index (χ2v) is 9.55. The Labute approximate surface area is 162 Å². The number of hydrogen-bond donors (Lipinski definition) is 2. The Balaban J connectivity index is 1.56. The maximum Gasteiger partial charge on any atom is 0.355 e. The number of aromatic carboxylic acids is 1. The van der Waals surface area contributed by atoms with Crippen molar-refractivity contribution in [3.8, 4) is 0 Å². The first kappa shape index (κ1) is 19.6. The highest BCUT2D eigenvalue weighted by molar-refractivity contribution is 8.01. The van der Waals surface area contributed by atoms with E-state index in [2.05, 4.69) is 11.9 Å². The lowest BCUT2D eigenvalue weighted by molar-refractivity contribution is -0.129. The highest BCUT2D eigenvalue weighted by Gasteiger charge is 2.39. The summed E-state index contributed by atoms with van der Waals surface area (Å²) in [7, 11) is 0. The molecule has 1 aromatic rings. The summed E-state index contributed by atoms with van der Waals surface area (Å²) in [4.78, 5) is 29.3. The van der Waals surface area contributed by atoms with Crippen molar-refractivity contribution >= 4 is 35.0 Å². The lowest BCUT2D eigenvalue weighted by atomic mass is 9.74. The fraction of sp³-hybridized carbons (Fsp3) is 0.722. The van der Waals surface area contributed by atoms with E-state index in [-0.39, 0.29) is 23.7 Å². The summed E-state index contributed by atoms with van der Waals surface area (Å²) in [5.41, 5.74) is 6.72. The third-order valence-corrected chi connectivity index (χ3v) is 7.75. The lowest BCUT2D eigenvalue weighted by Crippen LogP contribution is -2.51. The first-order valence-electron chi connectivity index (χ1n) is 9.34. The van der Waals surface area contributed by atoms with E-state index in [0.717, 1.165) is 10.8 Å². The molecule has 3 unspecified atom stereocenters. The number of carboxylic acids is 1. The Bertz CT molecular complexity index is 651. The van der Waals surface area contributed by atoms with Crippen molar-refractivity contribution < 1.29 is 14.7 Å². The van der Waals surface area contributed by atoms with Crippen LogP contribution in [-0.2, 0) is 4.79 Å². The fourth-order valence-electron chi connectivity index (χ4n) is 4.30. The van der Waals surface area contributed by atoms with Gasteiger partial charge in [0.1, 0.15) is 0 Å². The molecular weight excluding hydrogens is 370 g/mol. The van der Waals surface area contributed by atoms with Crippen molar-refractivity contribution in [2.75, 3.05) is 12.3 Å². The van der Waals surface area contributed by atoms with Crippen molar-refractivity contribution in [1.29, 1.82) is 0 Å². The Morgan fingerprint density at radius 3 is 2.92 bits per heavy atom. The van der Waals surface area contributed by atoms with Gasteiger partial charge in [0.05, 0.1) is 0 Å². The van der Waals surface area contributed by atoms with Gasteiger partial charge in [-0.3, -0.25) is 4.79 Å². The van der Waals surface area contributed by atoms with Gasteiger partial charge in [-0.1, -0.05) is 37.9 Å². The predicted molar refractivity (Wildman–Crippen MR) is 104 cm³/mol. The molecule has 2 aliphatic rings. The summed E-state index contributed by atoms with van der Waals surface area (Å²) >= 11 is 2.84. The molecule has 3 N–H and O–H groups in total. The Morgan fingerprint density at radius 2 is 2.23 bits per heavy atom. The van der Waals surface area contributed by atoms with Crippen LogP contribution in [0.2, 0.25) is 0 Å². The predicted octanol–water partition coefficient (Wildman–Crippen LogP) is 3.08. The summed E-state index contributed by atoms with van der Waals surface area (Å²) < 4.78 is 0.732. The molecule has 1 saturated carbocycles. The number of hydrogen-bond acceptors (Lipinski definition) is 6. The molecule has 2 fully saturated rings. The second-order valence-electron chi connectivity index (χ2n) is 7.35. The van der Waals surface area contributed by atoms with Crippen LogP contribution in [0.5, 0.6) is 0 Å². The van der Waals surface area contributed by atoms with Crippen LogP contribution in [-0.4, -0.2) is 51.2 Å². The molecule has 0 aromatic carbocycles. The van der Waals surface area contributed by atoms with E-state index in [1.54, 1.807) is 5.38 Å². The average molecular weight is 398 g/mol. The molecule has 8 heteroatoms. The number of thioether (sulfide) groups is 1. The van der Waals surface area contributed by atoms with E-state index in [4.69, 9.17) is 10.8 Å². The summed E-state index contributed by atoms with van der Waals surface area (Å²) in [6.45, 7) is 2.94. The number of likely N-dealkylation sites (tertiary alicyclic amines) is 1. The number of carbonyl (C=O) groups excluding carboxylic acids is 1. The summed E-state index contributed by atoms with van der Waals surface area (Å²) in [5, 5.41) is 10.5. The highest BCUT2D eigenvalue weighted by atomic mass is 32.2. The zero-order chi connectivity index (χ0) is 18.7. The van der Waals surface area contributed by atoms with Crippen LogP contribution in [0.4, 0.5) is 0 Å². The summed E-state index contributed by atoms with van der Waals surface area (Å²) in [6, 6.07) is 0.194. The van der Waals surface area contributed by atoms with Gasteiger partial charge in [0.15, 0.2) is 10.0 Å². The molecule has 0 radical (unpaired) electrons. The van der Waals surface area contributed by atoms with Gasteiger partial charge in [0.25, 0.3) is 0 Å². The zero-order valence-electron chi connectivity index (χ0n) is 15.1. The van der Waals surface area contributed by atoms with Crippen LogP contribution in [0.1, 0.15) is 55.9 Å². The van der Waals surface area contributed by atoms with Crippen LogP contribution in [0, 0.1) is 11.8 Å². The maximum atomic E-state index is 12.4.